The second-order valence-corrected chi connectivity index (χ2v) is 4.68. The maximum absolute atomic E-state index is 12.3. The lowest BCUT2D eigenvalue weighted by Crippen LogP contribution is -2.42. The average Bonchev–Trinajstić information content (AvgIpc) is 2.39. The van der Waals surface area contributed by atoms with Gasteiger partial charge in [-0.25, -0.2) is 4.79 Å². The molecule has 0 atom stereocenters. The molecule has 2 rings (SSSR count). The minimum atomic E-state index is -0.640. The summed E-state index contributed by atoms with van der Waals surface area (Å²) in [6, 6.07) is 6.54. The van der Waals surface area contributed by atoms with Crippen LogP contribution >= 0.6 is 0 Å². The second kappa shape index (κ2) is 5.24. The molecule has 1 aromatic carbocycles. The summed E-state index contributed by atoms with van der Waals surface area (Å²) in [7, 11) is 0. The molecule has 6 nitrogen and oxygen atoms in total. The Bertz CT molecular complexity index is 814. The van der Waals surface area contributed by atoms with Crippen LogP contribution in [0.4, 0.5) is 0 Å². The number of carbonyl (C=O) groups excluding carboxylic acids is 2. The summed E-state index contributed by atoms with van der Waals surface area (Å²) >= 11 is 0. The first kappa shape index (κ1) is 13.9. The Balaban J connectivity index is 2.88. The van der Waals surface area contributed by atoms with Gasteiger partial charge in [0.1, 0.15) is 11.6 Å². The molecule has 20 heavy (non-hydrogen) atoms. The number of aromatic nitrogens is 2. The van der Waals surface area contributed by atoms with Crippen LogP contribution in [0.15, 0.2) is 33.9 Å². The second-order valence-electron chi connectivity index (χ2n) is 4.68. The quantitative estimate of drug-likeness (QED) is 0.805. The Labute approximate surface area is 114 Å². The maximum Gasteiger partial charge on any atom is 0.332 e. The van der Waals surface area contributed by atoms with Crippen LogP contribution in [0.2, 0.25) is 0 Å². The van der Waals surface area contributed by atoms with Crippen LogP contribution in [0.5, 0.6) is 0 Å². The molecule has 0 fully saturated rings. The van der Waals surface area contributed by atoms with Crippen molar-refractivity contribution in [2.75, 3.05) is 0 Å². The summed E-state index contributed by atoms with van der Waals surface area (Å²) in [5.41, 5.74) is -0.753. The van der Waals surface area contributed by atoms with Gasteiger partial charge in [0.2, 0.25) is 0 Å². The van der Waals surface area contributed by atoms with Crippen molar-refractivity contribution in [2.24, 2.45) is 0 Å². The van der Waals surface area contributed by atoms with Gasteiger partial charge in [0.05, 0.1) is 24.0 Å². The molecule has 0 saturated carbocycles. The van der Waals surface area contributed by atoms with Crippen LogP contribution in [-0.4, -0.2) is 20.7 Å². The predicted molar refractivity (Wildman–Crippen MR) is 73.8 cm³/mol. The first-order chi connectivity index (χ1) is 9.41. The molecule has 0 amide bonds. The van der Waals surface area contributed by atoms with Gasteiger partial charge in [-0.05, 0) is 26.0 Å². The van der Waals surface area contributed by atoms with E-state index in [4.69, 9.17) is 0 Å². The Hall–Kier alpha value is -2.50. The number of benzene rings is 1. The first-order valence-electron chi connectivity index (χ1n) is 6.13. The largest absolute Gasteiger partial charge is 0.332 e. The van der Waals surface area contributed by atoms with Gasteiger partial charge in [0.15, 0.2) is 0 Å². The highest BCUT2D eigenvalue weighted by atomic mass is 16.2. The van der Waals surface area contributed by atoms with Crippen molar-refractivity contribution in [2.45, 2.75) is 26.9 Å². The lowest BCUT2D eigenvalue weighted by atomic mass is 10.2. The van der Waals surface area contributed by atoms with Gasteiger partial charge in [-0.15, -0.1) is 0 Å². The number of Topliss-reactive ketones (excluding diaryl/α,β-unsaturated/α-hetero) is 2. The smallest absolute Gasteiger partial charge is 0.298 e. The molecule has 0 aliphatic heterocycles. The molecule has 0 spiro atoms. The normalized spacial score (nSPS) is 10.7. The fraction of sp³-hybridized carbons (Fsp3) is 0.286. The summed E-state index contributed by atoms with van der Waals surface area (Å²) in [6.45, 7) is 2.25. The van der Waals surface area contributed by atoms with Crippen LogP contribution in [0.3, 0.4) is 0 Å². The van der Waals surface area contributed by atoms with Gasteiger partial charge in [-0.1, -0.05) is 12.1 Å². The highest BCUT2D eigenvalue weighted by molar-refractivity contribution is 5.82. The molecule has 0 saturated heterocycles. The SMILES string of the molecule is CC(=O)Cn1c(=O)c2ccccc2n(CC(C)=O)c1=O. The predicted octanol–water partition coefficient (Wildman–Crippen LogP) is 0.341. The van der Waals surface area contributed by atoms with Gasteiger partial charge in [-0.3, -0.25) is 23.5 Å². The van der Waals surface area contributed by atoms with E-state index in [2.05, 4.69) is 0 Å². The molecule has 6 heteroatoms. The van der Waals surface area contributed by atoms with E-state index in [0.717, 1.165) is 4.57 Å². The number of rotatable bonds is 4. The van der Waals surface area contributed by atoms with Gasteiger partial charge < -0.3 is 0 Å². The highest BCUT2D eigenvalue weighted by Gasteiger charge is 2.14. The van der Waals surface area contributed by atoms with Crippen LogP contribution in [0, 0.1) is 0 Å². The minimum Gasteiger partial charge on any atom is -0.298 e. The number of fused-ring (bicyclic) bond motifs is 1. The van der Waals surface area contributed by atoms with Crippen LogP contribution in [0.1, 0.15) is 13.8 Å². The lowest BCUT2D eigenvalue weighted by molar-refractivity contribution is -0.118. The first-order valence-corrected chi connectivity index (χ1v) is 6.13. The third-order valence-electron chi connectivity index (χ3n) is 2.89. The Morgan fingerprint density at radius 3 is 2.10 bits per heavy atom. The van der Waals surface area contributed by atoms with E-state index in [1.54, 1.807) is 24.3 Å². The topological polar surface area (TPSA) is 78.1 Å². The van der Waals surface area contributed by atoms with E-state index in [0.29, 0.717) is 10.9 Å². The fourth-order valence-electron chi connectivity index (χ4n) is 2.11. The molecular formula is C14H14N2O4. The molecule has 0 radical (unpaired) electrons. The summed E-state index contributed by atoms with van der Waals surface area (Å²) in [6.07, 6.45) is 0. The third-order valence-corrected chi connectivity index (χ3v) is 2.89. The van der Waals surface area contributed by atoms with Crippen molar-refractivity contribution in [3.05, 3.63) is 45.1 Å². The van der Waals surface area contributed by atoms with Crippen LogP contribution in [-0.2, 0) is 22.7 Å². The third kappa shape index (κ3) is 2.45. The minimum absolute atomic E-state index is 0.127. The molecule has 0 N–H and O–H groups in total. The van der Waals surface area contributed by atoms with E-state index >= 15 is 0 Å². The molecule has 2 aromatic rings. The molecule has 0 unspecified atom stereocenters. The maximum atomic E-state index is 12.3. The molecule has 104 valence electrons. The summed E-state index contributed by atoms with van der Waals surface area (Å²) in [5.74, 6) is -0.501. The van der Waals surface area contributed by atoms with E-state index in [1.165, 1.54) is 18.4 Å². The number of nitrogens with zero attached hydrogens (tertiary/aromatic N) is 2. The van der Waals surface area contributed by atoms with Crippen molar-refractivity contribution in [1.82, 2.24) is 9.13 Å². The van der Waals surface area contributed by atoms with E-state index in [9.17, 15) is 19.2 Å². The van der Waals surface area contributed by atoms with Crippen LogP contribution < -0.4 is 11.2 Å². The number of carbonyl (C=O) groups is 2. The van der Waals surface area contributed by atoms with Gasteiger partial charge in [0.25, 0.3) is 5.56 Å². The Morgan fingerprint density at radius 1 is 0.950 bits per heavy atom. The van der Waals surface area contributed by atoms with E-state index in [1.807, 2.05) is 0 Å². The van der Waals surface area contributed by atoms with E-state index < -0.39 is 11.2 Å². The number of hydrogen-bond donors (Lipinski definition) is 0. The van der Waals surface area contributed by atoms with Gasteiger partial charge >= 0.3 is 5.69 Å². The van der Waals surface area contributed by atoms with Crippen molar-refractivity contribution < 1.29 is 9.59 Å². The standard InChI is InChI=1S/C14H14N2O4/c1-9(17)7-15-12-6-4-3-5-11(12)13(19)16(14(15)20)8-10(2)18/h3-6H,7-8H2,1-2H3. The molecular weight excluding hydrogens is 260 g/mol. The van der Waals surface area contributed by atoms with Crippen molar-refractivity contribution in [3.63, 3.8) is 0 Å². The summed E-state index contributed by atoms with van der Waals surface area (Å²) in [5, 5.41) is 0.314. The van der Waals surface area contributed by atoms with Crippen molar-refractivity contribution >= 4 is 22.5 Å². The molecule has 0 bridgehead atoms. The van der Waals surface area contributed by atoms with Gasteiger partial charge in [-0.2, -0.15) is 0 Å². The molecule has 0 aliphatic carbocycles. The number of ketones is 2. The Morgan fingerprint density at radius 2 is 1.50 bits per heavy atom. The molecule has 0 aliphatic rings. The Kier molecular flexibility index (Phi) is 3.65. The van der Waals surface area contributed by atoms with Crippen LogP contribution in [0.25, 0.3) is 10.9 Å². The zero-order chi connectivity index (χ0) is 14.9. The van der Waals surface area contributed by atoms with Gasteiger partial charge in [0, 0.05) is 0 Å². The number of para-hydroxylation sites is 1. The monoisotopic (exact) mass is 274 g/mol. The highest BCUT2D eigenvalue weighted by Crippen LogP contribution is 2.07. The fourth-order valence-corrected chi connectivity index (χ4v) is 2.11. The van der Waals surface area contributed by atoms with Crippen molar-refractivity contribution in [1.29, 1.82) is 0 Å². The summed E-state index contributed by atoms with van der Waals surface area (Å²) < 4.78 is 2.09. The number of hydrogen-bond acceptors (Lipinski definition) is 4. The summed E-state index contributed by atoms with van der Waals surface area (Å²) in [4.78, 5) is 47.1. The zero-order valence-electron chi connectivity index (χ0n) is 11.3. The van der Waals surface area contributed by atoms with E-state index in [-0.39, 0.29) is 24.7 Å². The molecule has 1 aromatic heterocycles. The zero-order valence-corrected chi connectivity index (χ0v) is 11.3. The van der Waals surface area contributed by atoms with Crippen molar-refractivity contribution in [3.8, 4) is 0 Å². The molecule has 1 heterocycles. The average molecular weight is 274 g/mol. The lowest BCUT2D eigenvalue weighted by Gasteiger charge is -2.11.